The molecule has 0 saturated carbocycles. The lowest BCUT2D eigenvalue weighted by molar-refractivity contribution is 0.0935. The van der Waals surface area contributed by atoms with Gasteiger partial charge in [-0.05, 0) is 32.0 Å². The zero-order valence-electron chi connectivity index (χ0n) is 11.1. The van der Waals surface area contributed by atoms with Crippen LogP contribution in [0, 0.1) is 6.92 Å². The third-order valence-electron chi connectivity index (χ3n) is 3.09. The highest BCUT2D eigenvalue weighted by Gasteiger charge is 2.15. The van der Waals surface area contributed by atoms with Crippen molar-refractivity contribution in [3.8, 4) is 0 Å². The van der Waals surface area contributed by atoms with Gasteiger partial charge in [0, 0.05) is 6.20 Å². The Balaban J connectivity index is 1.83. The van der Waals surface area contributed by atoms with E-state index < -0.39 is 0 Å². The van der Waals surface area contributed by atoms with Gasteiger partial charge in [-0.1, -0.05) is 5.16 Å². The number of pyridine rings is 1. The number of furan rings is 1. The molecule has 0 aliphatic carbocycles. The predicted molar refractivity (Wildman–Crippen MR) is 71.1 cm³/mol. The minimum Gasteiger partial charge on any atom is -0.467 e. The molecule has 0 radical (unpaired) electrons. The van der Waals surface area contributed by atoms with Crippen molar-refractivity contribution in [2.24, 2.45) is 0 Å². The van der Waals surface area contributed by atoms with E-state index in [1.165, 1.54) is 6.20 Å². The SMILES string of the molecule is Cc1noc2ncc(C(=O)N[C@H](C)c3ccco3)cc12. The molecule has 1 N–H and O–H groups in total. The molecular weight excluding hydrogens is 258 g/mol. The van der Waals surface area contributed by atoms with Crippen molar-refractivity contribution in [3.63, 3.8) is 0 Å². The van der Waals surface area contributed by atoms with Gasteiger partial charge in [0.25, 0.3) is 11.6 Å². The summed E-state index contributed by atoms with van der Waals surface area (Å²) in [5, 5.41) is 7.40. The van der Waals surface area contributed by atoms with Gasteiger partial charge in [-0.25, -0.2) is 4.98 Å². The normalized spacial score (nSPS) is 12.5. The maximum Gasteiger partial charge on any atom is 0.257 e. The Morgan fingerprint density at radius 1 is 1.45 bits per heavy atom. The lowest BCUT2D eigenvalue weighted by atomic mass is 10.2. The average molecular weight is 271 g/mol. The number of aryl methyl sites for hydroxylation is 1. The second-order valence-corrected chi connectivity index (χ2v) is 4.56. The van der Waals surface area contributed by atoms with Gasteiger partial charge >= 0.3 is 0 Å². The van der Waals surface area contributed by atoms with Gasteiger partial charge < -0.3 is 14.3 Å². The molecule has 0 saturated heterocycles. The first-order valence-corrected chi connectivity index (χ1v) is 6.21. The fourth-order valence-corrected chi connectivity index (χ4v) is 1.96. The topological polar surface area (TPSA) is 81.2 Å². The van der Waals surface area contributed by atoms with Crippen LogP contribution in [-0.4, -0.2) is 16.0 Å². The van der Waals surface area contributed by atoms with E-state index in [4.69, 9.17) is 8.94 Å². The van der Waals surface area contributed by atoms with E-state index in [0.29, 0.717) is 22.7 Å². The molecule has 0 fully saturated rings. The van der Waals surface area contributed by atoms with Crippen LogP contribution in [-0.2, 0) is 0 Å². The summed E-state index contributed by atoms with van der Waals surface area (Å²) < 4.78 is 10.3. The average Bonchev–Trinajstić information content (AvgIpc) is 3.09. The van der Waals surface area contributed by atoms with Crippen LogP contribution in [0.5, 0.6) is 0 Å². The predicted octanol–water partition coefficient (Wildman–Crippen LogP) is 2.62. The second-order valence-electron chi connectivity index (χ2n) is 4.56. The van der Waals surface area contributed by atoms with E-state index in [-0.39, 0.29) is 11.9 Å². The first-order chi connectivity index (χ1) is 9.65. The molecular formula is C14H13N3O3. The summed E-state index contributed by atoms with van der Waals surface area (Å²) in [6, 6.07) is 5.11. The quantitative estimate of drug-likeness (QED) is 0.791. The van der Waals surface area contributed by atoms with E-state index >= 15 is 0 Å². The lowest BCUT2D eigenvalue weighted by Crippen LogP contribution is -2.26. The monoisotopic (exact) mass is 271 g/mol. The summed E-state index contributed by atoms with van der Waals surface area (Å²) in [7, 11) is 0. The molecule has 0 aliphatic rings. The number of hydrogen-bond donors (Lipinski definition) is 1. The van der Waals surface area contributed by atoms with E-state index in [9.17, 15) is 4.79 Å². The molecule has 20 heavy (non-hydrogen) atoms. The van der Waals surface area contributed by atoms with Gasteiger partial charge in [0.15, 0.2) is 0 Å². The minimum absolute atomic E-state index is 0.211. The molecule has 0 aromatic carbocycles. The summed E-state index contributed by atoms with van der Waals surface area (Å²) in [5.74, 6) is 0.484. The number of hydrogen-bond acceptors (Lipinski definition) is 5. The Hall–Kier alpha value is -2.63. The van der Waals surface area contributed by atoms with E-state index in [2.05, 4.69) is 15.5 Å². The Morgan fingerprint density at radius 3 is 3.05 bits per heavy atom. The number of amides is 1. The molecule has 0 aliphatic heterocycles. The van der Waals surface area contributed by atoms with E-state index in [0.717, 1.165) is 5.39 Å². The van der Waals surface area contributed by atoms with Crippen molar-refractivity contribution >= 4 is 17.0 Å². The van der Waals surface area contributed by atoms with Crippen molar-refractivity contribution < 1.29 is 13.7 Å². The molecule has 6 heteroatoms. The molecule has 6 nitrogen and oxygen atoms in total. The summed E-state index contributed by atoms with van der Waals surface area (Å²) in [4.78, 5) is 16.3. The molecule has 3 aromatic heterocycles. The van der Waals surface area contributed by atoms with Gasteiger partial charge in [0.2, 0.25) is 0 Å². The van der Waals surface area contributed by atoms with Crippen LogP contribution in [0.2, 0.25) is 0 Å². The standard InChI is InChI=1S/C14H13N3O3/c1-8-11-6-10(7-15-14(11)20-17-8)13(18)16-9(2)12-4-3-5-19-12/h3-7,9H,1-2H3,(H,16,18)/t9-/m1/s1. The third kappa shape index (κ3) is 2.16. The zero-order valence-corrected chi connectivity index (χ0v) is 11.1. The van der Waals surface area contributed by atoms with Crippen molar-refractivity contribution in [1.82, 2.24) is 15.5 Å². The van der Waals surface area contributed by atoms with Crippen LogP contribution in [0.1, 0.15) is 34.8 Å². The van der Waals surface area contributed by atoms with Gasteiger partial charge in [0.1, 0.15) is 5.76 Å². The number of carbonyl (C=O) groups excluding carboxylic acids is 1. The maximum atomic E-state index is 12.2. The summed E-state index contributed by atoms with van der Waals surface area (Å²) >= 11 is 0. The van der Waals surface area contributed by atoms with Crippen molar-refractivity contribution in [2.75, 3.05) is 0 Å². The minimum atomic E-state index is -0.219. The van der Waals surface area contributed by atoms with Gasteiger partial charge in [-0.15, -0.1) is 0 Å². The number of carbonyl (C=O) groups is 1. The molecule has 0 bridgehead atoms. The van der Waals surface area contributed by atoms with Crippen LogP contribution in [0.3, 0.4) is 0 Å². The summed E-state index contributed by atoms with van der Waals surface area (Å²) in [6.07, 6.45) is 3.04. The van der Waals surface area contributed by atoms with Crippen molar-refractivity contribution in [1.29, 1.82) is 0 Å². The highest BCUT2D eigenvalue weighted by Crippen LogP contribution is 2.18. The van der Waals surface area contributed by atoms with Crippen molar-refractivity contribution in [2.45, 2.75) is 19.9 Å². The highest BCUT2D eigenvalue weighted by atomic mass is 16.5. The lowest BCUT2D eigenvalue weighted by Gasteiger charge is -2.11. The van der Waals surface area contributed by atoms with Gasteiger partial charge in [-0.2, -0.15) is 0 Å². The molecule has 3 aromatic rings. The fraction of sp³-hybridized carbons (Fsp3) is 0.214. The smallest absolute Gasteiger partial charge is 0.257 e. The second kappa shape index (κ2) is 4.80. The van der Waals surface area contributed by atoms with Crippen LogP contribution in [0.25, 0.3) is 11.1 Å². The Morgan fingerprint density at radius 2 is 2.30 bits per heavy atom. The molecule has 3 rings (SSSR count). The summed E-state index contributed by atoms with van der Waals surface area (Å²) in [6.45, 7) is 3.66. The molecule has 0 unspecified atom stereocenters. The first-order valence-electron chi connectivity index (χ1n) is 6.21. The molecule has 1 amide bonds. The number of fused-ring (bicyclic) bond motifs is 1. The molecule has 1 atom stereocenters. The maximum absolute atomic E-state index is 12.2. The Kier molecular flexibility index (Phi) is 2.98. The summed E-state index contributed by atoms with van der Waals surface area (Å²) in [5.41, 5.74) is 1.60. The number of rotatable bonds is 3. The Bertz CT molecular complexity index is 746. The molecule has 102 valence electrons. The third-order valence-corrected chi connectivity index (χ3v) is 3.09. The zero-order chi connectivity index (χ0) is 14.1. The number of nitrogens with one attached hydrogen (secondary N) is 1. The van der Waals surface area contributed by atoms with Crippen LogP contribution in [0.4, 0.5) is 0 Å². The highest BCUT2D eigenvalue weighted by molar-refractivity contribution is 5.97. The largest absolute Gasteiger partial charge is 0.467 e. The van der Waals surface area contributed by atoms with Crippen molar-refractivity contribution in [3.05, 3.63) is 47.7 Å². The van der Waals surface area contributed by atoms with Crippen LogP contribution < -0.4 is 5.32 Å². The number of nitrogens with zero attached hydrogens (tertiary/aromatic N) is 2. The molecule has 3 heterocycles. The Labute approximate surface area is 114 Å². The van der Waals surface area contributed by atoms with Crippen LogP contribution >= 0.6 is 0 Å². The van der Waals surface area contributed by atoms with Gasteiger partial charge in [-0.3, -0.25) is 4.79 Å². The van der Waals surface area contributed by atoms with E-state index in [1.54, 1.807) is 25.3 Å². The van der Waals surface area contributed by atoms with Gasteiger partial charge in [0.05, 0.1) is 28.9 Å². The van der Waals surface area contributed by atoms with Crippen LogP contribution in [0.15, 0.2) is 39.6 Å². The first kappa shape index (κ1) is 12.4. The fourth-order valence-electron chi connectivity index (χ4n) is 1.96. The number of aromatic nitrogens is 2. The molecule has 0 spiro atoms. The van der Waals surface area contributed by atoms with E-state index in [1.807, 2.05) is 13.0 Å².